The zero-order chi connectivity index (χ0) is 18.3. The van der Waals surface area contributed by atoms with Crippen molar-refractivity contribution in [3.63, 3.8) is 0 Å². The number of nitrogens with zero attached hydrogens (tertiary/aromatic N) is 5. The second-order valence-electron chi connectivity index (χ2n) is 6.04. The van der Waals surface area contributed by atoms with Crippen LogP contribution in [0.4, 0.5) is 0 Å². The fourth-order valence-corrected chi connectivity index (χ4v) is 3.42. The van der Waals surface area contributed by atoms with Gasteiger partial charge >= 0.3 is 0 Å². The average molecular weight is 368 g/mol. The van der Waals surface area contributed by atoms with E-state index in [4.69, 9.17) is 0 Å². The van der Waals surface area contributed by atoms with Gasteiger partial charge in [0.25, 0.3) is 0 Å². The molecule has 0 unspecified atom stereocenters. The van der Waals surface area contributed by atoms with Crippen molar-refractivity contribution in [2.45, 2.75) is 18.4 Å². The van der Waals surface area contributed by atoms with Crippen LogP contribution in [0.2, 0.25) is 0 Å². The number of rotatable bonds is 4. The molecule has 0 atom stereocenters. The lowest BCUT2D eigenvalue weighted by atomic mass is 10.2. The van der Waals surface area contributed by atoms with Crippen LogP contribution in [0.1, 0.15) is 11.3 Å². The molecule has 0 radical (unpaired) electrons. The van der Waals surface area contributed by atoms with Crippen molar-refractivity contribution in [3.8, 4) is 11.4 Å². The Kier molecular flexibility index (Phi) is 3.80. The summed E-state index contributed by atoms with van der Waals surface area (Å²) in [6.45, 7) is 2.32. The van der Waals surface area contributed by atoms with Crippen LogP contribution in [-0.2, 0) is 16.4 Å². The van der Waals surface area contributed by atoms with Gasteiger partial charge in [0.2, 0.25) is 0 Å². The Balaban J connectivity index is 1.66. The van der Waals surface area contributed by atoms with E-state index >= 15 is 0 Å². The molecule has 0 fully saturated rings. The van der Waals surface area contributed by atoms with Crippen molar-refractivity contribution in [3.05, 3.63) is 54.1 Å². The summed E-state index contributed by atoms with van der Waals surface area (Å²) in [4.78, 5) is 13.5. The molecule has 0 spiro atoms. The summed E-state index contributed by atoms with van der Waals surface area (Å²) in [5.74, 6) is 0. The van der Waals surface area contributed by atoms with Gasteiger partial charge in [-0.3, -0.25) is 0 Å². The zero-order valence-corrected chi connectivity index (χ0v) is 15.0. The van der Waals surface area contributed by atoms with Gasteiger partial charge in [-0.1, -0.05) is 12.1 Å². The Labute approximate surface area is 149 Å². The molecular weight excluding hydrogens is 352 g/mol. The lowest BCUT2D eigenvalue weighted by Gasteiger charge is -2.02. The van der Waals surface area contributed by atoms with Gasteiger partial charge in [-0.15, -0.1) is 0 Å². The van der Waals surface area contributed by atoms with Crippen LogP contribution >= 0.6 is 0 Å². The highest BCUT2D eigenvalue weighted by Crippen LogP contribution is 2.25. The molecular formula is C17H16N6O2S. The van der Waals surface area contributed by atoms with Crippen LogP contribution in [0.25, 0.3) is 22.4 Å². The molecule has 0 aliphatic heterocycles. The summed E-state index contributed by atoms with van der Waals surface area (Å²) in [7, 11) is -3.20. The second kappa shape index (κ2) is 6.03. The van der Waals surface area contributed by atoms with E-state index in [-0.39, 0.29) is 0 Å². The first-order chi connectivity index (χ1) is 12.4. The number of benzene rings is 1. The predicted octanol–water partition coefficient (Wildman–Crippen LogP) is 1.98. The molecule has 1 aromatic carbocycles. The molecule has 3 aromatic heterocycles. The van der Waals surface area contributed by atoms with Gasteiger partial charge in [-0.05, 0) is 30.7 Å². The largest absolute Gasteiger partial charge is 0.346 e. The first-order valence-corrected chi connectivity index (χ1v) is 9.80. The molecule has 3 heterocycles. The minimum atomic E-state index is -3.20. The summed E-state index contributed by atoms with van der Waals surface area (Å²) in [5, 5.41) is 9.91. The number of fused-ring (bicyclic) bond motifs is 1. The topological polar surface area (TPSA) is 106 Å². The summed E-state index contributed by atoms with van der Waals surface area (Å²) in [6, 6.07) is 8.63. The van der Waals surface area contributed by atoms with Crippen molar-refractivity contribution in [1.82, 2.24) is 29.9 Å². The monoisotopic (exact) mass is 368 g/mol. The Morgan fingerprint density at radius 3 is 2.54 bits per heavy atom. The molecule has 0 bridgehead atoms. The highest BCUT2D eigenvalue weighted by Gasteiger charge is 2.15. The smallest absolute Gasteiger partial charge is 0.175 e. The maximum atomic E-state index is 11.5. The van der Waals surface area contributed by atoms with E-state index in [0.29, 0.717) is 17.1 Å². The first-order valence-electron chi connectivity index (χ1n) is 7.91. The van der Waals surface area contributed by atoms with Gasteiger partial charge in [0.15, 0.2) is 9.84 Å². The summed E-state index contributed by atoms with van der Waals surface area (Å²) >= 11 is 0. The molecule has 1 N–H and O–H groups in total. The van der Waals surface area contributed by atoms with Crippen molar-refractivity contribution >= 4 is 20.9 Å². The Hall–Kier alpha value is -3.07. The summed E-state index contributed by atoms with van der Waals surface area (Å²) in [5.41, 5.74) is 3.85. The first kappa shape index (κ1) is 16.4. The Morgan fingerprint density at radius 1 is 1.04 bits per heavy atom. The summed E-state index contributed by atoms with van der Waals surface area (Å²) in [6.07, 6.45) is 4.50. The van der Waals surface area contributed by atoms with Crippen LogP contribution in [-0.4, -0.2) is 44.6 Å². The van der Waals surface area contributed by atoms with E-state index in [0.717, 1.165) is 28.0 Å². The SMILES string of the molecule is Cc1nn(Cc2ccc(S(C)(=O)=O)cc2)nc1-c1ncnc2[nH]ccc12. The molecule has 0 saturated carbocycles. The van der Waals surface area contributed by atoms with E-state index in [1.807, 2.05) is 19.2 Å². The van der Waals surface area contributed by atoms with Crippen molar-refractivity contribution in [1.29, 1.82) is 0 Å². The fraction of sp³-hybridized carbons (Fsp3) is 0.176. The van der Waals surface area contributed by atoms with E-state index in [1.165, 1.54) is 12.6 Å². The van der Waals surface area contributed by atoms with Crippen molar-refractivity contribution in [2.24, 2.45) is 0 Å². The highest BCUT2D eigenvalue weighted by molar-refractivity contribution is 7.90. The minimum Gasteiger partial charge on any atom is -0.346 e. The highest BCUT2D eigenvalue weighted by atomic mass is 32.2. The van der Waals surface area contributed by atoms with Crippen LogP contribution in [0.5, 0.6) is 0 Å². The van der Waals surface area contributed by atoms with E-state index in [1.54, 1.807) is 29.1 Å². The van der Waals surface area contributed by atoms with E-state index < -0.39 is 9.84 Å². The molecule has 4 rings (SSSR count). The molecule has 0 aliphatic rings. The van der Waals surface area contributed by atoms with Gasteiger partial charge in [0.05, 0.1) is 17.1 Å². The van der Waals surface area contributed by atoms with Gasteiger partial charge in [-0.25, -0.2) is 18.4 Å². The minimum absolute atomic E-state index is 0.294. The number of aryl methyl sites for hydroxylation is 1. The number of nitrogens with one attached hydrogen (secondary N) is 1. The molecule has 132 valence electrons. The number of aromatic amines is 1. The third-order valence-corrected chi connectivity index (χ3v) is 5.21. The fourth-order valence-electron chi connectivity index (χ4n) is 2.79. The molecule has 26 heavy (non-hydrogen) atoms. The Morgan fingerprint density at radius 2 is 1.81 bits per heavy atom. The second-order valence-corrected chi connectivity index (χ2v) is 8.06. The molecule has 8 nitrogen and oxygen atoms in total. The zero-order valence-electron chi connectivity index (χ0n) is 14.2. The standard InChI is InChI=1S/C17H16N6O2S/c1-11-15(16-14-7-8-18-17(14)20-10-19-16)22-23(21-11)9-12-3-5-13(6-4-12)26(2,24)25/h3-8,10H,9H2,1-2H3,(H,18,19,20). The van der Waals surface area contributed by atoms with Crippen LogP contribution in [0.15, 0.2) is 47.8 Å². The lowest BCUT2D eigenvalue weighted by Crippen LogP contribution is -2.05. The molecule has 4 aromatic rings. The molecule has 0 amide bonds. The van der Waals surface area contributed by atoms with Crippen LogP contribution in [0.3, 0.4) is 0 Å². The summed E-state index contributed by atoms with van der Waals surface area (Å²) < 4.78 is 23.1. The number of H-pyrrole nitrogens is 1. The number of sulfone groups is 1. The maximum Gasteiger partial charge on any atom is 0.175 e. The third-order valence-electron chi connectivity index (χ3n) is 4.08. The van der Waals surface area contributed by atoms with E-state index in [2.05, 4.69) is 25.1 Å². The average Bonchev–Trinajstić information content (AvgIpc) is 3.20. The normalized spacial score (nSPS) is 11.9. The number of aromatic nitrogens is 6. The quantitative estimate of drug-likeness (QED) is 0.590. The molecule has 0 aliphatic carbocycles. The lowest BCUT2D eigenvalue weighted by molar-refractivity contribution is 0.588. The van der Waals surface area contributed by atoms with Gasteiger partial charge in [-0.2, -0.15) is 15.0 Å². The molecule has 0 saturated heterocycles. The van der Waals surface area contributed by atoms with Gasteiger partial charge in [0, 0.05) is 17.8 Å². The number of hydrogen-bond acceptors (Lipinski definition) is 6. The predicted molar refractivity (Wildman–Crippen MR) is 96.3 cm³/mol. The number of hydrogen-bond donors (Lipinski definition) is 1. The van der Waals surface area contributed by atoms with E-state index in [9.17, 15) is 8.42 Å². The Bertz CT molecular complexity index is 1190. The van der Waals surface area contributed by atoms with Crippen molar-refractivity contribution < 1.29 is 8.42 Å². The van der Waals surface area contributed by atoms with Gasteiger partial charge in [0.1, 0.15) is 23.4 Å². The van der Waals surface area contributed by atoms with Gasteiger partial charge < -0.3 is 4.98 Å². The maximum absolute atomic E-state index is 11.5. The van der Waals surface area contributed by atoms with Crippen LogP contribution in [0, 0.1) is 6.92 Å². The third kappa shape index (κ3) is 2.97. The van der Waals surface area contributed by atoms with Crippen LogP contribution < -0.4 is 0 Å². The van der Waals surface area contributed by atoms with Crippen molar-refractivity contribution in [2.75, 3.05) is 6.26 Å². The molecule has 9 heteroatoms.